The molecule has 0 rings (SSSR count). The Morgan fingerprint density at radius 3 is 1.67 bits per heavy atom. The summed E-state index contributed by atoms with van der Waals surface area (Å²) in [6.45, 7) is 5.91. The number of alkyl halides is 3. The number of halogens is 3. The van der Waals surface area contributed by atoms with Crippen molar-refractivity contribution in [3.63, 3.8) is 0 Å². The predicted octanol–water partition coefficient (Wildman–Crippen LogP) is 2.76. The number of Topliss-reactive ketones (excluding diaryl/α,β-unsaturated/α-hetero) is 2. The Morgan fingerprint density at radius 2 is 1.47 bits per heavy atom. The monoisotopic (exact) mass is 224 g/mol. The van der Waals surface area contributed by atoms with Gasteiger partial charge in [0.1, 0.15) is 5.78 Å². The van der Waals surface area contributed by atoms with Crippen LogP contribution < -0.4 is 0 Å². The van der Waals surface area contributed by atoms with Crippen LogP contribution in [0.5, 0.6) is 0 Å². The fraction of sp³-hybridized carbons (Fsp3) is 0.800. The SMILES string of the molecule is CCC(C(=O)C(C)(C)C)C(=O)C(F)(F)F. The van der Waals surface area contributed by atoms with Crippen molar-refractivity contribution in [3.05, 3.63) is 0 Å². The van der Waals surface area contributed by atoms with Crippen molar-refractivity contribution in [3.8, 4) is 0 Å². The highest BCUT2D eigenvalue weighted by Gasteiger charge is 2.47. The average molecular weight is 224 g/mol. The van der Waals surface area contributed by atoms with Gasteiger partial charge in [-0.05, 0) is 6.42 Å². The first-order valence-electron chi connectivity index (χ1n) is 4.67. The summed E-state index contributed by atoms with van der Waals surface area (Å²) in [7, 11) is 0. The van der Waals surface area contributed by atoms with E-state index in [2.05, 4.69) is 0 Å². The van der Waals surface area contributed by atoms with Gasteiger partial charge in [0.15, 0.2) is 0 Å². The minimum atomic E-state index is -4.93. The molecule has 0 aromatic heterocycles. The molecule has 0 aliphatic carbocycles. The number of hydrogen-bond donors (Lipinski definition) is 0. The van der Waals surface area contributed by atoms with E-state index < -0.39 is 29.1 Å². The lowest BCUT2D eigenvalue weighted by Gasteiger charge is -2.23. The number of ketones is 2. The zero-order valence-corrected chi connectivity index (χ0v) is 9.23. The smallest absolute Gasteiger partial charge is 0.298 e. The number of carbonyl (C=O) groups is 2. The summed E-state index contributed by atoms with van der Waals surface area (Å²) in [5, 5.41) is 0. The van der Waals surface area contributed by atoms with Crippen LogP contribution in [0.4, 0.5) is 13.2 Å². The van der Waals surface area contributed by atoms with E-state index in [1.807, 2.05) is 0 Å². The third-order valence-corrected chi connectivity index (χ3v) is 2.06. The van der Waals surface area contributed by atoms with Gasteiger partial charge < -0.3 is 0 Å². The van der Waals surface area contributed by atoms with E-state index in [-0.39, 0.29) is 6.42 Å². The highest BCUT2D eigenvalue weighted by Crippen LogP contribution is 2.29. The van der Waals surface area contributed by atoms with Crippen LogP contribution in [0, 0.1) is 11.3 Å². The third kappa shape index (κ3) is 3.64. The molecule has 0 aromatic rings. The number of carbonyl (C=O) groups excluding carboxylic acids is 2. The quantitative estimate of drug-likeness (QED) is 0.691. The van der Waals surface area contributed by atoms with Crippen LogP contribution in [0.25, 0.3) is 0 Å². The molecule has 88 valence electrons. The highest BCUT2D eigenvalue weighted by molar-refractivity contribution is 6.06. The number of hydrogen-bond acceptors (Lipinski definition) is 2. The first kappa shape index (κ1) is 14.1. The van der Waals surface area contributed by atoms with Crippen molar-refractivity contribution >= 4 is 11.6 Å². The zero-order valence-electron chi connectivity index (χ0n) is 9.23. The average Bonchev–Trinajstić information content (AvgIpc) is 2.01. The van der Waals surface area contributed by atoms with E-state index in [9.17, 15) is 22.8 Å². The summed E-state index contributed by atoms with van der Waals surface area (Å²) in [6, 6.07) is 0. The lowest BCUT2D eigenvalue weighted by molar-refractivity contribution is -0.177. The van der Waals surface area contributed by atoms with Crippen molar-refractivity contribution < 1.29 is 22.8 Å². The van der Waals surface area contributed by atoms with Crippen molar-refractivity contribution in [2.45, 2.75) is 40.3 Å². The second-order valence-electron chi connectivity index (χ2n) is 4.44. The lowest BCUT2D eigenvalue weighted by atomic mass is 9.80. The van der Waals surface area contributed by atoms with E-state index in [0.29, 0.717) is 0 Å². The Kier molecular flexibility index (Phi) is 4.08. The van der Waals surface area contributed by atoms with Gasteiger partial charge >= 0.3 is 6.18 Å². The molecule has 0 aliphatic heterocycles. The molecule has 5 heteroatoms. The molecule has 1 atom stereocenters. The molecule has 0 saturated heterocycles. The molecule has 0 aromatic carbocycles. The molecule has 0 saturated carbocycles. The Bertz CT molecular complexity index is 235. The van der Waals surface area contributed by atoms with Crippen LogP contribution >= 0.6 is 0 Å². The Hall–Kier alpha value is -0.870. The van der Waals surface area contributed by atoms with Gasteiger partial charge in [-0.15, -0.1) is 0 Å². The Balaban J connectivity index is 4.96. The molecule has 0 amide bonds. The van der Waals surface area contributed by atoms with Gasteiger partial charge in [0, 0.05) is 5.41 Å². The van der Waals surface area contributed by atoms with E-state index in [1.165, 1.54) is 27.7 Å². The van der Waals surface area contributed by atoms with Crippen LogP contribution in [0.15, 0.2) is 0 Å². The van der Waals surface area contributed by atoms with E-state index in [4.69, 9.17) is 0 Å². The molecule has 0 heterocycles. The molecule has 1 unspecified atom stereocenters. The Morgan fingerprint density at radius 1 is 1.07 bits per heavy atom. The predicted molar refractivity (Wildman–Crippen MR) is 49.3 cm³/mol. The molecular weight excluding hydrogens is 209 g/mol. The molecule has 0 radical (unpaired) electrons. The second-order valence-corrected chi connectivity index (χ2v) is 4.44. The van der Waals surface area contributed by atoms with Gasteiger partial charge in [-0.25, -0.2) is 0 Å². The van der Waals surface area contributed by atoms with E-state index in [1.54, 1.807) is 0 Å². The van der Waals surface area contributed by atoms with Crippen molar-refractivity contribution in [2.24, 2.45) is 11.3 Å². The number of rotatable bonds is 3. The maximum atomic E-state index is 12.1. The topological polar surface area (TPSA) is 34.1 Å². The molecule has 15 heavy (non-hydrogen) atoms. The van der Waals surface area contributed by atoms with Gasteiger partial charge in [-0.2, -0.15) is 13.2 Å². The van der Waals surface area contributed by atoms with Gasteiger partial charge in [-0.1, -0.05) is 27.7 Å². The Labute approximate surface area is 86.8 Å². The van der Waals surface area contributed by atoms with Crippen molar-refractivity contribution in [2.75, 3.05) is 0 Å². The highest BCUT2D eigenvalue weighted by atomic mass is 19.4. The van der Waals surface area contributed by atoms with Crippen LogP contribution in [0.3, 0.4) is 0 Å². The largest absolute Gasteiger partial charge is 0.450 e. The first-order valence-corrected chi connectivity index (χ1v) is 4.67. The van der Waals surface area contributed by atoms with Crippen LogP contribution in [-0.2, 0) is 9.59 Å². The molecule has 0 spiro atoms. The summed E-state index contributed by atoms with van der Waals surface area (Å²) in [6.07, 6.45) is -5.05. The molecular formula is C10H15F3O2. The maximum absolute atomic E-state index is 12.1. The second kappa shape index (κ2) is 4.33. The first-order chi connectivity index (χ1) is 6.51. The molecule has 0 bridgehead atoms. The lowest BCUT2D eigenvalue weighted by Crippen LogP contribution is -2.39. The van der Waals surface area contributed by atoms with Gasteiger partial charge in [-0.3, -0.25) is 9.59 Å². The van der Waals surface area contributed by atoms with Crippen molar-refractivity contribution in [1.82, 2.24) is 0 Å². The van der Waals surface area contributed by atoms with E-state index >= 15 is 0 Å². The van der Waals surface area contributed by atoms with Crippen LogP contribution in [0.2, 0.25) is 0 Å². The minimum Gasteiger partial charge on any atom is -0.298 e. The minimum absolute atomic E-state index is 0.117. The zero-order chi connectivity index (χ0) is 12.4. The van der Waals surface area contributed by atoms with Gasteiger partial charge in [0.2, 0.25) is 5.78 Å². The summed E-state index contributed by atoms with van der Waals surface area (Å²) in [4.78, 5) is 22.5. The van der Waals surface area contributed by atoms with E-state index in [0.717, 1.165) is 0 Å². The summed E-state index contributed by atoms with van der Waals surface area (Å²) < 4.78 is 36.4. The van der Waals surface area contributed by atoms with Gasteiger partial charge in [0.05, 0.1) is 5.92 Å². The normalized spacial score (nSPS) is 14.9. The molecule has 0 fully saturated rings. The molecule has 0 aliphatic rings. The summed E-state index contributed by atoms with van der Waals surface area (Å²) >= 11 is 0. The maximum Gasteiger partial charge on any atom is 0.450 e. The van der Waals surface area contributed by atoms with Gasteiger partial charge in [0.25, 0.3) is 0 Å². The third-order valence-electron chi connectivity index (χ3n) is 2.06. The molecule has 2 nitrogen and oxygen atoms in total. The fourth-order valence-electron chi connectivity index (χ4n) is 1.21. The summed E-state index contributed by atoms with van der Waals surface area (Å²) in [5.74, 6) is -4.16. The van der Waals surface area contributed by atoms with Crippen LogP contribution in [0.1, 0.15) is 34.1 Å². The standard InChI is InChI=1S/C10H15F3O2/c1-5-6(7(14)9(2,3)4)8(15)10(11,12)13/h6H,5H2,1-4H3. The fourth-order valence-corrected chi connectivity index (χ4v) is 1.21. The summed E-state index contributed by atoms with van der Waals surface area (Å²) in [5.41, 5.74) is -0.929. The van der Waals surface area contributed by atoms with Crippen LogP contribution in [-0.4, -0.2) is 17.7 Å². The van der Waals surface area contributed by atoms with Crippen molar-refractivity contribution in [1.29, 1.82) is 0 Å². The molecule has 0 N–H and O–H groups in total.